The molecule has 0 bridgehead atoms. The normalized spacial score (nSPS) is 15.0. The number of carbonyl (C=O) groups excluding carboxylic acids is 1. The first-order chi connectivity index (χ1) is 14.1. The summed E-state index contributed by atoms with van der Waals surface area (Å²) in [5.74, 6) is 0.635. The minimum atomic E-state index is -0.132. The van der Waals surface area contributed by atoms with Crippen LogP contribution in [0.4, 0.5) is 5.69 Å². The molecule has 0 aliphatic heterocycles. The highest BCUT2D eigenvalue weighted by Crippen LogP contribution is 2.26. The molecular weight excluding hydrogens is 362 g/mol. The number of ether oxygens (including phenoxy) is 1. The van der Waals surface area contributed by atoms with Crippen molar-refractivity contribution >= 4 is 22.5 Å². The SMILES string of the molecule is COc1ccc2cc(C(=O)Nc3ccccc3CN(C)C3CCCCC3)[nH]c2c1. The molecule has 1 aliphatic carbocycles. The lowest BCUT2D eigenvalue weighted by Gasteiger charge is -2.31. The molecule has 2 aromatic carbocycles. The second-order valence-electron chi connectivity index (χ2n) is 7.95. The number of para-hydroxylation sites is 1. The highest BCUT2D eigenvalue weighted by molar-refractivity contribution is 6.06. The fourth-order valence-electron chi connectivity index (χ4n) is 4.24. The van der Waals surface area contributed by atoms with Gasteiger partial charge in [0.05, 0.1) is 7.11 Å². The van der Waals surface area contributed by atoms with E-state index in [1.54, 1.807) is 7.11 Å². The van der Waals surface area contributed by atoms with Gasteiger partial charge in [0.25, 0.3) is 5.91 Å². The van der Waals surface area contributed by atoms with Crippen LogP contribution in [0.1, 0.15) is 48.2 Å². The summed E-state index contributed by atoms with van der Waals surface area (Å²) in [4.78, 5) is 18.5. The molecule has 0 saturated heterocycles. The number of amides is 1. The number of hydrogen-bond donors (Lipinski definition) is 2. The van der Waals surface area contributed by atoms with Crippen molar-refractivity contribution in [3.05, 3.63) is 59.8 Å². The first-order valence-corrected chi connectivity index (χ1v) is 10.4. The number of aromatic amines is 1. The van der Waals surface area contributed by atoms with E-state index < -0.39 is 0 Å². The zero-order valence-electron chi connectivity index (χ0n) is 17.2. The lowest BCUT2D eigenvalue weighted by atomic mass is 9.94. The van der Waals surface area contributed by atoms with Crippen molar-refractivity contribution in [2.24, 2.45) is 0 Å². The van der Waals surface area contributed by atoms with E-state index in [1.807, 2.05) is 42.5 Å². The Morgan fingerprint density at radius 1 is 1.14 bits per heavy atom. The average Bonchev–Trinajstić information content (AvgIpc) is 3.19. The summed E-state index contributed by atoms with van der Waals surface area (Å²) in [5.41, 5.74) is 3.45. The molecule has 5 heteroatoms. The average molecular weight is 392 g/mol. The zero-order chi connectivity index (χ0) is 20.2. The van der Waals surface area contributed by atoms with E-state index in [2.05, 4.69) is 28.3 Å². The van der Waals surface area contributed by atoms with E-state index in [0.29, 0.717) is 11.7 Å². The van der Waals surface area contributed by atoms with Crippen molar-refractivity contribution in [2.45, 2.75) is 44.7 Å². The summed E-state index contributed by atoms with van der Waals surface area (Å²) in [6, 6.07) is 16.3. The minimum absolute atomic E-state index is 0.132. The Kier molecular flexibility index (Phi) is 5.86. The summed E-state index contributed by atoms with van der Waals surface area (Å²) >= 11 is 0. The lowest BCUT2D eigenvalue weighted by Crippen LogP contribution is -2.33. The Bertz CT molecular complexity index is 989. The van der Waals surface area contributed by atoms with Crippen LogP contribution in [0.5, 0.6) is 5.75 Å². The number of rotatable bonds is 6. The van der Waals surface area contributed by atoms with Crippen molar-refractivity contribution < 1.29 is 9.53 Å². The highest BCUT2D eigenvalue weighted by atomic mass is 16.5. The molecule has 29 heavy (non-hydrogen) atoms. The molecule has 5 nitrogen and oxygen atoms in total. The van der Waals surface area contributed by atoms with Crippen LogP contribution < -0.4 is 10.1 Å². The molecule has 152 valence electrons. The molecule has 0 unspecified atom stereocenters. The van der Waals surface area contributed by atoms with Crippen LogP contribution >= 0.6 is 0 Å². The van der Waals surface area contributed by atoms with Crippen molar-refractivity contribution in [1.82, 2.24) is 9.88 Å². The maximum atomic E-state index is 12.9. The predicted molar refractivity (Wildman–Crippen MR) is 118 cm³/mol. The molecule has 1 fully saturated rings. The first kappa shape index (κ1) is 19.5. The van der Waals surface area contributed by atoms with Gasteiger partial charge < -0.3 is 15.0 Å². The fraction of sp³-hybridized carbons (Fsp3) is 0.375. The van der Waals surface area contributed by atoms with Crippen LogP contribution in [-0.2, 0) is 6.54 Å². The van der Waals surface area contributed by atoms with Crippen LogP contribution in [0.15, 0.2) is 48.5 Å². The van der Waals surface area contributed by atoms with E-state index in [1.165, 1.54) is 32.1 Å². The van der Waals surface area contributed by atoms with Gasteiger partial charge in [-0.25, -0.2) is 0 Å². The molecule has 0 spiro atoms. The maximum Gasteiger partial charge on any atom is 0.272 e. The molecule has 4 rings (SSSR count). The summed E-state index contributed by atoms with van der Waals surface area (Å²) < 4.78 is 5.27. The number of H-pyrrole nitrogens is 1. The monoisotopic (exact) mass is 391 g/mol. The van der Waals surface area contributed by atoms with Gasteiger partial charge in [0, 0.05) is 35.2 Å². The number of benzene rings is 2. The third kappa shape index (κ3) is 4.46. The van der Waals surface area contributed by atoms with Crippen LogP contribution in [0.25, 0.3) is 10.9 Å². The topological polar surface area (TPSA) is 57.4 Å². The number of nitrogens with zero attached hydrogens (tertiary/aromatic N) is 1. The standard InChI is InChI=1S/C24H29N3O2/c1-27(19-9-4-3-5-10-19)16-18-8-6-7-11-21(18)26-24(28)23-14-17-12-13-20(29-2)15-22(17)25-23/h6-8,11-15,19,25H,3-5,9-10,16H2,1-2H3,(H,26,28). The first-order valence-electron chi connectivity index (χ1n) is 10.4. The smallest absolute Gasteiger partial charge is 0.272 e. The summed E-state index contributed by atoms with van der Waals surface area (Å²) in [6.07, 6.45) is 6.53. The van der Waals surface area contributed by atoms with Gasteiger partial charge in [0.1, 0.15) is 11.4 Å². The molecule has 1 amide bonds. The Morgan fingerprint density at radius 3 is 2.72 bits per heavy atom. The number of methoxy groups -OCH3 is 1. The quantitative estimate of drug-likeness (QED) is 0.608. The Hall–Kier alpha value is -2.79. The summed E-state index contributed by atoms with van der Waals surface area (Å²) in [5, 5.41) is 4.08. The molecule has 1 heterocycles. The van der Waals surface area contributed by atoms with Gasteiger partial charge in [-0.05, 0) is 49.7 Å². The van der Waals surface area contributed by atoms with Gasteiger partial charge in [-0.3, -0.25) is 9.69 Å². The van der Waals surface area contributed by atoms with Crippen molar-refractivity contribution in [3.8, 4) is 5.75 Å². The van der Waals surface area contributed by atoms with E-state index in [-0.39, 0.29) is 5.91 Å². The molecule has 1 saturated carbocycles. The highest BCUT2D eigenvalue weighted by Gasteiger charge is 2.19. The lowest BCUT2D eigenvalue weighted by molar-refractivity contribution is 0.102. The number of anilines is 1. The third-order valence-electron chi connectivity index (χ3n) is 5.96. The van der Waals surface area contributed by atoms with Gasteiger partial charge in [-0.2, -0.15) is 0 Å². The number of nitrogens with one attached hydrogen (secondary N) is 2. The van der Waals surface area contributed by atoms with Gasteiger partial charge >= 0.3 is 0 Å². The molecule has 0 radical (unpaired) electrons. The van der Waals surface area contributed by atoms with Gasteiger partial charge in [-0.15, -0.1) is 0 Å². The van der Waals surface area contributed by atoms with E-state index in [4.69, 9.17) is 4.74 Å². The second-order valence-corrected chi connectivity index (χ2v) is 7.95. The fourth-order valence-corrected chi connectivity index (χ4v) is 4.24. The summed E-state index contributed by atoms with van der Waals surface area (Å²) in [6.45, 7) is 0.838. The minimum Gasteiger partial charge on any atom is -0.497 e. The van der Waals surface area contributed by atoms with Gasteiger partial charge in [-0.1, -0.05) is 37.5 Å². The van der Waals surface area contributed by atoms with Crippen LogP contribution in [-0.4, -0.2) is 36.0 Å². The van der Waals surface area contributed by atoms with Crippen molar-refractivity contribution in [2.75, 3.05) is 19.5 Å². The molecule has 0 atom stereocenters. The Balaban J connectivity index is 1.49. The van der Waals surface area contributed by atoms with Crippen LogP contribution in [0, 0.1) is 0 Å². The molecule has 2 N–H and O–H groups in total. The van der Waals surface area contributed by atoms with Crippen LogP contribution in [0.2, 0.25) is 0 Å². The maximum absolute atomic E-state index is 12.9. The number of hydrogen-bond acceptors (Lipinski definition) is 3. The largest absolute Gasteiger partial charge is 0.497 e. The van der Waals surface area contributed by atoms with E-state index >= 15 is 0 Å². The number of carbonyl (C=O) groups is 1. The molecule has 3 aromatic rings. The van der Waals surface area contributed by atoms with Crippen molar-refractivity contribution in [1.29, 1.82) is 0 Å². The Morgan fingerprint density at radius 2 is 1.93 bits per heavy atom. The Labute approximate surface area is 172 Å². The zero-order valence-corrected chi connectivity index (χ0v) is 17.2. The number of aromatic nitrogens is 1. The number of fused-ring (bicyclic) bond motifs is 1. The second kappa shape index (κ2) is 8.70. The predicted octanol–water partition coefficient (Wildman–Crippen LogP) is 5.19. The summed E-state index contributed by atoms with van der Waals surface area (Å²) in [7, 11) is 3.83. The van der Waals surface area contributed by atoms with Gasteiger partial charge in [0.2, 0.25) is 0 Å². The molecule has 1 aromatic heterocycles. The van der Waals surface area contributed by atoms with Gasteiger partial charge in [0.15, 0.2) is 0 Å². The van der Waals surface area contributed by atoms with E-state index in [9.17, 15) is 4.79 Å². The van der Waals surface area contributed by atoms with Crippen molar-refractivity contribution in [3.63, 3.8) is 0 Å². The molecule has 1 aliphatic rings. The third-order valence-corrected chi connectivity index (χ3v) is 5.96. The van der Waals surface area contributed by atoms with E-state index in [0.717, 1.165) is 34.4 Å². The van der Waals surface area contributed by atoms with Crippen LogP contribution in [0.3, 0.4) is 0 Å². The molecular formula is C24H29N3O2.